The smallest absolute Gasteiger partial charge is 0.322 e. The van der Waals surface area contributed by atoms with E-state index in [1.165, 1.54) is 0 Å². The lowest BCUT2D eigenvalue weighted by molar-refractivity contribution is 0.0997. The number of hydrogen-bond donors (Lipinski definition) is 2. The average molecular weight is 467 g/mol. The Kier molecular flexibility index (Phi) is 6.32. The van der Waals surface area contributed by atoms with Crippen LogP contribution in [0.25, 0.3) is 11.3 Å². The van der Waals surface area contributed by atoms with Crippen LogP contribution >= 0.6 is 11.6 Å². The van der Waals surface area contributed by atoms with Gasteiger partial charge in [0.25, 0.3) is 5.91 Å². The number of benzene rings is 2. The summed E-state index contributed by atoms with van der Waals surface area (Å²) in [7, 11) is 3.23. The summed E-state index contributed by atoms with van der Waals surface area (Å²) < 4.78 is 7.10. The maximum Gasteiger partial charge on any atom is 0.322 e. The number of carbonyl (C=O) groups excluding carboxylic acids is 2. The zero-order valence-corrected chi connectivity index (χ0v) is 19.0. The number of fused-ring (bicyclic) bond motifs is 1. The maximum atomic E-state index is 13.0. The molecule has 1 aliphatic rings. The molecule has 0 saturated heterocycles. The van der Waals surface area contributed by atoms with Crippen molar-refractivity contribution in [2.24, 2.45) is 10.7 Å². The second kappa shape index (κ2) is 9.33. The van der Waals surface area contributed by atoms with E-state index in [-0.39, 0.29) is 12.6 Å². The van der Waals surface area contributed by atoms with Gasteiger partial charge in [-0.2, -0.15) is 5.10 Å². The van der Waals surface area contributed by atoms with Crippen molar-refractivity contribution < 1.29 is 14.3 Å². The van der Waals surface area contributed by atoms with E-state index >= 15 is 0 Å². The molecule has 2 heterocycles. The summed E-state index contributed by atoms with van der Waals surface area (Å²) in [6.45, 7) is 1.04. The van der Waals surface area contributed by atoms with Crippen molar-refractivity contribution in [1.29, 1.82) is 0 Å². The summed E-state index contributed by atoms with van der Waals surface area (Å²) in [5.41, 5.74) is 9.12. The molecular weight excluding hydrogens is 444 g/mol. The van der Waals surface area contributed by atoms with Crippen molar-refractivity contribution in [3.63, 3.8) is 0 Å². The van der Waals surface area contributed by atoms with Gasteiger partial charge in [0.05, 0.1) is 31.5 Å². The number of ether oxygens (including phenoxy) is 1. The summed E-state index contributed by atoms with van der Waals surface area (Å²) in [4.78, 5) is 30.9. The first-order valence-electron chi connectivity index (χ1n) is 10.2. The van der Waals surface area contributed by atoms with Gasteiger partial charge in [-0.05, 0) is 24.3 Å². The monoisotopic (exact) mass is 466 g/mol. The highest BCUT2D eigenvalue weighted by Crippen LogP contribution is 2.30. The molecule has 9 nitrogen and oxygen atoms in total. The molecule has 3 N–H and O–H groups in total. The van der Waals surface area contributed by atoms with Crippen LogP contribution in [0.15, 0.2) is 47.5 Å². The van der Waals surface area contributed by atoms with Crippen LogP contribution in [0.4, 0.5) is 10.5 Å². The quantitative estimate of drug-likeness (QED) is 0.560. The average Bonchev–Trinajstić information content (AvgIpc) is 3.19. The molecule has 0 aliphatic carbocycles. The second-order valence-corrected chi connectivity index (χ2v) is 7.90. The minimum absolute atomic E-state index is 0.190. The summed E-state index contributed by atoms with van der Waals surface area (Å²) in [6, 6.07) is 12.1. The summed E-state index contributed by atoms with van der Waals surface area (Å²) in [5.74, 6) is -0.0105. The van der Waals surface area contributed by atoms with Gasteiger partial charge in [-0.1, -0.05) is 23.7 Å². The Labute approximate surface area is 195 Å². The molecule has 3 aromatic rings. The molecule has 0 atom stereocenters. The first kappa shape index (κ1) is 22.3. The van der Waals surface area contributed by atoms with E-state index in [4.69, 9.17) is 22.1 Å². The number of nitrogens with one attached hydrogen (secondary N) is 1. The number of amides is 3. The Morgan fingerprint density at radius 1 is 1.24 bits per heavy atom. The fourth-order valence-corrected chi connectivity index (χ4v) is 4.02. The van der Waals surface area contributed by atoms with Crippen molar-refractivity contribution in [3.05, 3.63) is 64.3 Å². The number of rotatable bonds is 5. The van der Waals surface area contributed by atoms with Crippen molar-refractivity contribution >= 4 is 35.4 Å². The largest absolute Gasteiger partial charge is 0.496 e. The predicted octanol–water partition coefficient (Wildman–Crippen LogP) is 3.41. The lowest BCUT2D eigenvalue weighted by Gasteiger charge is -2.28. The van der Waals surface area contributed by atoms with Crippen LogP contribution in [-0.4, -0.2) is 53.5 Å². The van der Waals surface area contributed by atoms with Gasteiger partial charge in [-0.25, -0.2) is 4.79 Å². The molecule has 0 radical (unpaired) electrons. The molecule has 0 bridgehead atoms. The fourth-order valence-electron chi connectivity index (χ4n) is 3.82. The van der Waals surface area contributed by atoms with Crippen molar-refractivity contribution in [2.75, 3.05) is 26.0 Å². The molecular formula is C23H23ClN6O3. The third-order valence-corrected chi connectivity index (χ3v) is 5.60. The number of halogens is 1. The van der Waals surface area contributed by atoms with Gasteiger partial charge in [-0.3, -0.25) is 14.5 Å². The third kappa shape index (κ3) is 4.54. The third-order valence-electron chi connectivity index (χ3n) is 5.36. The number of nitrogens with two attached hydrogens (primary N) is 1. The van der Waals surface area contributed by atoms with Crippen LogP contribution in [0.2, 0.25) is 5.02 Å². The molecule has 1 aliphatic heterocycles. The zero-order valence-electron chi connectivity index (χ0n) is 18.2. The van der Waals surface area contributed by atoms with Crippen molar-refractivity contribution in [1.82, 2.24) is 14.7 Å². The van der Waals surface area contributed by atoms with Crippen LogP contribution in [0, 0.1) is 0 Å². The van der Waals surface area contributed by atoms with E-state index in [9.17, 15) is 9.59 Å². The van der Waals surface area contributed by atoms with E-state index in [1.807, 2.05) is 12.1 Å². The van der Waals surface area contributed by atoms with Crippen LogP contribution in [0.3, 0.4) is 0 Å². The standard InChI is InChI=1S/C23H23ClN6O3/c1-26-12-15-6-7-17(11-19(15)33-2)27-23(32)29-8-9-30-18(13-29)20(22(25)31)21(28-30)14-4-3-5-16(24)10-14/h3-7,10-12H,8-9,13H2,1-2H3,(H2,25,31)(H,27,32)/b26-12+. The van der Waals surface area contributed by atoms with Crippen molar-refractivity contribution in [2.45, 2.75) is 13.1 Å². The van der Waals surface area contributed by atoms with E-state index in [2.05, 4.69) is 15.4 Å². The first-order valence-corrected chi connectivity index (χ1v) is 10.6. The highest BCUT2D eigenvalue weighted by molar-refractivity contribution is 6.30. The molecule has 170 valence electrons. The number of urea groups is 1. The number of carbonyl (C=O) groups is 2. The summed E-state index contributed by atoms with van der Waals surface area (Å²) in [6.07, 6.45) is 1.68. The van der Waals surface area contributed by atoms with E-state index in [0.29, 0.717) is 52.1 Å². The summed E-state index contributed by atoms with van der Waals surface area (Å²) in [5, 5.41) is 7.99. The second-order valence-electron chi connectivity index (χ2n) is 7.46. The van der Waals surface area contributed by atoms with Gasteiger partial charge in [0.15, 0.2) is 0 Å². The first-order chi connectivity index (χ1) is 15.9. The molecule has 10 heteroatoms. The lowest BCUT2D eigenvalue weighted by atomic mass is 10.0. The molecule has 1 aromatic heterocycles. The lowest BCUT2D eigenvalue weighted by Crippen LogP contribution is -2.41. The molecule has 33 heavy (non-hydrogen) atoms. The van der Waals surface area contributed by atoms with Gasteiger partial charge in [0, 0.05) is 47.7 Å². The maximum absolute atomic E-state index is 13.0. The fraction of sp³-hybridized carbons (Fsp3) is 0.217. The Morgan fingerprint density at radius 2 is 2.06 bits per heavy atom. The van der Waals surface area contributed by atoms with Crippen LogP contribution in [0.5, 0.6) is 5.75 Å². The number of primary amides is 1. The predicted molar refractivity (Wildman–Crippen MR) is 127 cm³/mol. The molecule has 0 unspecified atom stereocenters. The van der Waals surface area contributed by atoms with E-state index < -0.39 is 5.91 Å². The molecule has 0 spiro atoms. The minimum Gasteiger partial charge on any atom is -0.496 e. The van der Waals surface area contributed by atoms with Crippen molar-refractivity contribution in [3.8, 4) is 17.0 Å². The van der Waals surface area contributed by atoms with Gasteiger partial charge >= 0.3 is 6.03 Å². The van der Waals surface area contributed by atoms with Crippen LogP contribution in [-0.2, 0) is 13.1 Å². The number of anilines is 1. The zero-order chi connectivity index (χ0) is 23.5. The number of methoxy groups -OCH3 is 1. The van der Waals surface area contributed by atoms with E-state index in [0.717, 1.165) is 5.56 Å². The SMILES string of the molecule is C/N=C/c1ccc(NC(=O)N2CCn3nc(-c4cccc(Cl)c4)c(C(N)=O)c3C2)cc1OC. The van der Waals surface area contributed by atoms with Gasteiger partial charge in [-0.15, -0.1) is 0 Å². The molecule has 0 saturated carbocycles. The molecule has 2 aromatic carbocycles. The number of hydrogen-bond acceptors (Lipinski definition) is 5. The normalized spacial score (nSPS) is 13.1. The minimum atomic E-state index is -0.605. The number of aromatic nitrogens is 2. The number of aliphatic imine (C=N–C) groups is 1. The molecule has 3 amide bonds. The van der Waals surface area contributed by atoms with E-state index in [1.54, 1.807) is 60.3 Å². The Bertz CT molecular complexity index is 1250. The Balaban J connectivity index is 1.59. The Hall–Kier alpha value is -3.85. The number of nitrogens with zero attached hydrogens (tertiary/aromatic N) is 4. The van der Waals surface area contributed by atoms with Crippen LogP contribution < -0.4 is 15.8 Å². The van der Waals surface area contributed by atoms with Crippen LogP contribution in [0.1, 0.15) is 21.6 Å². The van der Waals surface area contributed by atoms with Gasteiger partial charge < -0.3 is 20.7 Å². The molecule has 4 rings (SSSR count). The molecule has 0 fully saturated rings. The van der Waals surface area contributed by atoms with Gasteiger partial charge in [0.2, 0.25) is 0 Å². The highest BCUT2D eigenvalue weighted by atomic mass is 35.5. The highest BCUT2D eigenvalue weighted by Gasteiger charge is 2.29. The topological polar surface area (TPSA) is 115 Å². The Morgan fingerprint density at radius 3 is 2.76 bits per heavy atom. The summed E-state index contributed by atoms with van der Waals surface area (Å²) >= 11 is 6.12. The van der Waals surface area contributed by atoms with Gasteiger partial charge in [0.1, 0.15) is 11.4 Å².